The van der Waals surface area contributed by atoms with E-state index in [-0.39, 0.29) is 30.0 Å². The standard InChI is InChI=1S/C22H24BrFN2O4/c1-22(2,3)15-6-4-14(5-7-15)21(29)25-11-10-20(28)30-13-19(27)26-18-9-8-16(23)12-17(18)24/h4-9,12H,10-11,13H2,1-3H3,(H,25,29)(H,26,27). The van der Waals surface area contributed by atoms with Crippen LogP contribution in [0.1, 0.15) is 43.1 Å². The summed E-state index contributed by atoms with van der Waals surface area (Å²) in [6.07, 6.45) is -0.0915. The van der Waals surface area contributed by atoms with Gasteiger partial charge in [0.1, 0.15) is 5.82 Å². The summed E-state index contributed by atoms with van der Waals surface area (Å²) >= 11 is 3.12. The van der Waals surface area contributed by atoms with Crippen molar-refractivity contribution >= 4 is 39.4 Å². The molecule has 8 heteroatoms. The topological polar surface area (TPSA) is 84.5 Å². The molecule has 0 radical (unpaired) electrons. The summed E-state index contributed by atoms with van der Waals surface area (Å²) in [5.41, 5.74) is 1.59. The van der Waals surface area contributed by atoms with E-state index in [0.717, 1.165) is 5.56 Å². The molecule has 2 aromatic rings. The SMILES string of the molecule is CC(C)(C)c1ccc(C(=O)NCCC(=O)OCC(=O)Nc2ccc(Br)cc2F)cc1. The van der Waals surface area contributed by atoms with Crippen molar-refractivity contribution in [3.63, 3.8) is 0 Å². The largest absolute Gasteiger partial charge is 0.456 e. The first-order chi connectivity index (χ1) is 14.1. The zero-order valence-corrected chi connectivity index (χ0v) is 18.6. The molecule has 0 saturated carbocycles. The van der Waals surface area contributed by atoms with Gasteiger partial charge in [0.2, 0.25) is 0 Å². The van der Waals surface area contributed by atoms with Crippen molar-refractivity contribution in [1.82, 2.24) is 5.32 Å². The molecule has 2 amide bonds. The van der Waals surface area contributed by atoms with Crippen LogP contribution in [0.5, 0.6) is 0 Å². The molecule has 0 atom stereocenters. The first-order valence-corrected chi connectivity index (χ1v) is 10.1. The Morgan fingerprint density at radius 2 is 1.73 bits per heavy atom. The molecule has 2 rings (SSSR count). The molecule has 0 spiro atoms. The molecule has 6 nitrogen and oxygen atoms in total. The van der Waals surface area contributed by atoms with Gasteiger partial charge in [0, 0.05) is 16.6 Å². The van der Waals surface area contributed by atoms with E-state index < -0.39 is 24.3 Å². The van der Waals surface area contributed by atoms with E-state index in [2.05, 4.69) is 47.3 Å². The zero-order chi connectivity index (χ0) is 22.3. The second kappa shape index (κ2) is 10.3. The summed E-state index contributed by atoms with van der Waals surface area (Å²) in [6.45, 7) is 5.79. The lowest BCUT2D eigenvalue weighted by Crippen LogP contribution is -2.28. The highest BCUT2D eigenvalue weighted by molar-refractivity contribution is 9.10. The molecule has 0 aliphatic heterocycles. The molecule has 0 aromatic heterocycles. The molecule has 0 unspecified atom stereocenters. The van der Waals surface area contributed by atoms with Crippen LogP contribution in [0.25, 0.3) is 0 Å². The van der Waals surface area contributed by atoms with Gasteiger partial charge in [-0.2, -0.15) is 0 Å². The summed E-state index contributed by atoms with van der Waals surface area (Å²) in [7, 11) is 0. The van der Waals surface area contributed by atoms with E-state index in [1.54, 1.807) is 18.2 Å². The summed E-state index contributed by atoms with van der Waals surface area (Å²) in [4.78, 5) is 35.7. The molecular formula is C22H24BrFN2O4. The molecule has 0 bridgehead atoms. The van der Waals surface area contributed by atoms with Crippen molar-refractivity contribution in [3.8, 4) is 0 Å². The van der Waals surface area contributed by atoms with Crippen LogP contribution in [0.15, 0.2) is 46.9 Å². The first kappa shape index (κ1) is 23.5. The van der Waals surface area contributed by atoms with Crippen molar-refractivity contribution < 1.29 is 23.5 Å². The number of ether oxygens (including phenoxy) is 1. The molecule has 2 aromatic carbocycles. The van der Waals surface area contributed by atoms with Crippen LogP contribution in [-0.4, -0.2) is 30.9 Å². The van der Waals surface area contributed by atoms with Gasteiger partial charge < -0.3 is 15.4 Å². The molecule has 0 aliphatic rings. The fraction of sp³-hybridized carbons (Fsp3) is 0.318. The predicted molar refractivity (Wildman–Crippen MR) is 116 cm³/mol. The highest BCUT2D eigenvalue weighted by atomic mass is 79.9. The van der Waals surface area contributed by atoms with Crippen LogP contribution in [0.4, 0.5) is 10.1 Å². The summed E-state index contributed by atoms with van der Waals surface area (Å²) < 4.78 is 19.1. The van der Waals surface area contributed by atoms with Gasteiger partial charge >= 0.3 is 5.97 Å². The Morgan fingerprint density at radius 3 is 2.33 bits per heavy atom. The molecule has 0 aliphatic carbocycles. The third-order valence-corrected chi connectivity index (χ3v) is 4.69. The van der Waals surface area contributed by atoms with E-state index in [9.17, 15) is 18.8 Å². The lowest BCUT2D eigenvalue weighted by molar-refractivity contribution is -0.147. The Bertz CT molecular complexity index is 924. The number of amides is 2. The van der Waals surface area contributed by atoms with Crippen molar-refractivity contribution in [3.05, 3.63) is 63.9 Å². The number of nitrogens with one attached hydrogen (secondary N) is 2. The number of halogens is 2. The van der Waals surface area contributed by atoms with Crippen molar-refractivity contribution in [2.45, 2.75) is 32.6 Å². The van der Waals surface area contributed by atoms with Gasteiger partial charge in [-0.15, -0.1) is 0 Å². The number of esters is 1. The Balaban J connectivity index is 1.71. The predicted octanol–water partition coefficient (Wildman–Crippen LogP) is 4.19. The van der Waals surface area contributed by atoms with E-state index in [4.69, 9.17) is 4.74 Å². The number of carbonyl (C=O) groups is 3. The maximum atomic E-state index is 13.7. The molecule has 2 N–H and O–H groups in total. The molecule has 0 fully saturated rings. The summed E-state index contributed by atoms with van der Waals surface area (Å²) in [5, 5.41) is 4.96. The third-order valence-electron chi connectivity index (χ3n) is 4.20. The number of hydrogen-bond donors (Lipinski definition) is 2. The van der Waals surface area contributed by atoms with Crippen molar-refractivity contribution in [1.29, 1.82) is 0 Å². The van der Waals surface area contributed by atoms with Gasteiger partial charge in [0.15, 0.2) is 6.61 Å². The fourth-order valence-corrected chi connectivity index (χ4v) is 2.83. The van der Waals surface area contributed by atoms with Gasteiger partial charge in [0.05, 0.1) is 12.1 Å². The second-order valence-electron chi connectivity index (χ2n) is 7.67. The number of benzene rings is 2. The van der Waals surface area contributed by atoms with Crippen LogP contribution in [0, 0.1) is 5.82 Å². The number of carbonyl (C=O) groups excluding carboxylic acids is 3. The summed E-state index contributed by atoms with van der Waals surface area (Å²) in [6, 6.07) is 11.4. The Kier molecular flexibility index (Phi) is 8.11. The average molecular weight is 479 g/mol. The molecule has 30 heavy (non-hydrogen) atoms. The van der Waals surface area contributed by atoms with Gasteiger partial charge in [-0.3, -0.25) is 14.4 Å². The third kappa shape index (κ3) is 7.26. The second-order valence-corrected chi connectivity index (χ2v) is 8.58. The monoisotopic (exact) mass is 478 g/mol. The normalized spacial score (nSPS) is 11.0. The highest BCUT2D eigenvalue weighted by Gasteiger charge is 2.15. The number of hydrogen-bond acceptors (Lipinski definition) is 4. The van der Waals surface area contributed by atoms with E-state index >= 15 is 0 Å². The molecule has 0 saturated heterocycles. The van der Waals surface area contributed by atoms with Gasteiger partial charge in [-0.1, -0.05) is 48.8 Å². The minimum atomic E-state index is -0.660. The van der Waals surface area contributed by atoms with Crippen LogP contribution < -0.4 is 10.6 Å². The lowest BCUT2D eigenvalue weighted by atomic mass is 9.87. The van der Waals surface area contributed by atoms with Crippen molar-refractivity contribution in [2.24, 2.45) is 0 Å². The lowest BCUT2D eigenvalue weighted by Gasteiger charge is -2.19. The molecular weight excluding hydrogens is 455 g/mol. The Hall–Kier alpha value is -2.74. The van der Waals surface area contributed by atoms with Gasteiger partial charge in [-0.05, 0) is 41.3 Å². The van der Waals surface area contributed by atoms with E-state index in [1.165, 1.54) is 12.1 Å². The smallest absolute Gasteiger partial charge is 0.308 e. The maximum Gasteiger partial charge on any atom is 0.308 e. The van der Waals surface area contributed by atoms with Gasteiger partial charge in [0.25, 0.3) is 11.8 Å². The Labute approximate surface area is 183 Å². The zero-order valence-electron chi connectivity index (χ0n) is 17.1. The number of anilines is 1. The minimum absolute atomic E-state index is 0.00577. The summed E-state index contributed by atoms with van der Waals surface area (Å²) in [5.74, 6) is -2.22. The van der Waals surface area contributed by atoms with Crippen LogP contribution >= 0.6 is 15.9 Å². The van der Waals surface area contributed by atoms with Crippen LogP contribution in [0.2, 0.25) is 0 Å². The van der Waals surface area contributed by atoms with Crippen LogP contribution in [-0.2, 0) is 19.7 Å². The fourth-order valence-electron chi connectivity index (χ4n) is 2.50. The molecule has 0 heterocycles. The van der Waals surface area contributed by atoms with E-state index in [0.29, 0.717) is 10.0 Å². The maximum absolute atomic E-state index is 13.7. The van der Waals surface area contributed by atoms with Crippen molar-refractivity contribution in [2.75, 3.05) is 18.5 Å². The molecule has 160 valence electrons. The number of rotatable bonds is 7. The highest BCUT2D eigenvalue weighted by Crippen LogP contribution is 2.22. The quantitative estimate of drug-likeness (QED) is 0.584. The average Bonchev–Trinajstić information content (AvgIpc) is 2.68. The Morgan fingerprint density at radius 1 is 1.07 bits per heavy atom. The first-order valence-electron chi connectivity index (χ1n) is 9.35. The van der Waals surface area contributed by atoms with Gasteiger partial charge in [-0.25, -0.2) is 4.39 Å². The van der Waals surface area contributed by atoms with E-state index in [1.807, 2.05) is 12.1 Å². The minimum Gasteiger partial charge on any atom is -0.456 e. The van der Waals surface area contributed by atoms with Crippen LogP contribution in [0.3, 0.4) is 0 Å².